The Labute approximate surface area is 78.2 Å². The number of methoxy groups -OCH3 is 3. The van der Waals surface area contributed by atoms with E-state index in [-0.39, 0.29) is 0 Å². The lowest BCUT2D eigenvalue weighted by Gasteiger charge is -2.13. The summed E-state index contributed by atoms with van der Waals surface area (Å²) in [6.45, 7) is 3.81. The van der Waals surface area contributed by atoms with Crippen molar-refractivity contribution in [3.63, 3.8) is 0 Å². The van der Waals surface area contributed by atoms with E-state index in [2.05, 4.69) is 6.92 Å². The lowest BCUT2D eigenvalue weighted by atomic mass is 10.2. The van der Waals surface area contributed by atoms with Gasteiger partial charge in [-0.2, -0.15) is 0 Å². The third-order valence-electron chi connectivity index (χ3n) is 1.79. The SMILES string of the molecule is [CH2]c1ccc(OC)c(OC)c1OC. The summed E-state index contributed by atoms with van der Waals surface area (Å²) in [5, 5.41) is 0. The zero-order valence-corrected chi connectivity index (χ0v) is 8.09. The molecule has 0 saturated heterocycles. The zero-order chi connectivity index (χ0) is 9.84. The quantitative estimate of drug-likeness (QED) is 0.712. The van der Waals surface area contributed by atoms with Crippen molar-refractivity contribution >= 4 is 0 Å². The van der Waals surface area contributed by atoms with E-state index in [4.69, 9.17) is 14.2 Å². The molecule has 0 saturated carbocycles. The molecular weight excluding hydrogens is 168 g/mol. The van der Waals surface area contributed by atoms with Crippen molar-refractivity contribution in [2.45, 2.75) is 0 Å². The van der Waals surface area contributed by atoms with E-state index in [9.17, 15) is 0 Å². The van der Waals surface area contributed by atoms with Crippen LogP contribution < -0.4 is 14.2 Å². The number of benzene rings is 1. The Bertz CT molecular complexity index is 294. The summed E-state index contributed by atoms with van der Waals surface area (Å²) in [6.07, 6.45) is 0. The van der Waals surface area contributed by atoms with Gasteiger partial charge in [-0.1, -0.05) is 6.07 Å². The van der Waals surface area contributed by atoms with Gasteiger partial charge < -0.3 is 14.2 Å². The number of ether oxygens (including phenoxy) is 3. The molecule has 0 aliphatic heterocycles. The largest absolute Gasteiger partial charge is 0.493 e. The predicted molar refractivity (Wildman–Crippen MR) is 50.6 cm³/mol. The van der Waals surface area contributed by atoms with Crippen LogP contribution >= 0.6 is 0 Å². The van der Waals surface area contributed by atoms with Gasteiger partial charge in [0.25, 0.3) is 0 Å². The van der Waals surface area contributed by atoms with E-state index in [1.165, 1.54) is 0 Å². The minimum absolute atomic E-state index is 0.581. The highest BCUT2D eigenvalue weighted by molar-refractivity contribution is 5.56. The highest BCUT2D eigenvalue weighted by Gasteiger charge is 2.12. The van der Waals surface area contributed by atoms with Gasteiger partial charge >= 0.3 is 0 Å². The molecule has 0 aromatic heterocycles. The van der Waals surface area contributed by atoms with Crippen molar-refractivity contribution in [3.05, 3.63) is 24.6 Å². The second-order valence-electron chi connectivity index (χ2n) is 2.49. The van der Waals surface area contributed by atoms with Crippen LogP contribution in [0.1, 0.15) is 5.56 Å². The molecule has 0 aliphatic rings. The molecule has 71 valence electrons. The molecule has 3 nitrogen and oxygen atoms in total. The van der Waals surface area contributed by atoms with Crippen LogP contribution in [0, 0.1) is 6.92 Å². The molecule has 13 heavy (non-hydrogen) atoms. The Morgan fingerprint density at radius 3 is 2.00 bits per heavy atom. The summed E-state index contributed by atoms with van der Waals surface area (Å²) in [5.74, 6) is 1.84. The maximum atomic E-state index is 5.15. The molecular formula is C10H13O3. The van der Waals surface area contributed by atoms with Gasteiger partial charge in [0.05, 0.1) is 21.3 Å². The fraction of sp³-hybridized carbons (Fsp3) is 0.300. The van der Waals surface area contributed by atoms with Gasteiger partial charge in [0.1, 0.15) is 0 Å². The Morgan fingerprint density at radius 2 is 1.54 bits per heavy atom. The molecule has 1 aromatic rings. The summed E-state index contributed by atoms with van der Waals surface area (Å²) in [4.78, 5) is 0. The van der Waals surface area contributed by atoms with E-state index in [0.29, 0.717) is 17.2 Å². The van der Waals surface area contributed by atoms with Crippen LogP contribution in [0.2, 0.25) is 0 Å². The molecule has 0 amide bonds. The first kappa shape index (κ1) is 9.71. The molecule has 0 bridgehead atoms. The lowest BCUT2D eigenvalue weighted by Crippen LogP contribution is -1.96. The van der Waals surface area contributed by atoms with Gasteiger partial charge in [-0.3, -0.25) is 0 Å². The molecule has 0 heterocycles. The molecule has 0 unspecified atom stereocenters. The van der Waals surface area contributed by atoms with Crippen molar-refractivity contribution in [1.29, 1.82) is 0 Å². The van der Waals surface area contributed by atoms with E-state index in [1.54, 1.807) is 27.4 Å². The average Bonchev–Trinajstić information content (AvgIpc) is 2.17. The molecule has 0 N–H and O–H groups in total. The predicted octanol–water partition coefficient (Wildman–Crippen LogP) is 1.89. The van der Waals surface area contributed by atoms with Crippen molar-refractivity contribution in [1.82, 2.24) is 0 Å². The second kappa shape index (κ2) is 4.03. The Morgan fingerprint density at radius 1 is 0.923 bits per heavy atom. The monoisotopic (exact) mass is 181 g/mol. The number of hydrogen-bond donors (Lipinski definition) is 0. The standard InChI is InChI=1S/C10H13O3/c1-7-5-6-8(11-2)10(13-4)9(7)12-3/h5-6H,1H2,2-4H3. The van der Waals surface area contributed by atoms with Gasteiger partial charge in [-0.15, -0.1) is 0 Å². The van der Waals surface area contributed by atoms with Crippen LogP contribution in [0.25, 0.3) is 0 Å². The average molecular weight is 181 g/mol. The molecule has 0 fully saturated rings. The van der Waals surface area contributed by atoms with Crippen LogP contribution in [0.5, 0.6) is 17.2 Å². The van der Waals surface area contributed by atoms with Crippen LogP contribution in [0.3, 0.4) is 0 Å². The highest BCUT2D eigenvalue weighted by atomic mass is 16.5. The number of hydrogen-bond acceptors (Lipinski definition) is 3. The smallest absolute Gasteiger partial charge is 0.203 e. The summed E-state index contributed by atoms with van der Waals surface area (Å²) in [7, 11) is 4.73. The Hall–Kier alpha value is -1.38. The third-order valence-corrected chi connectivity index (χ3v) is 1.79. The normalized spacial score (nSPS) is 9.54. The molecule has 1 aromatic carbocycles. The summed E-state index contributed by atoms with van der Waals surface area (Å²) in [5.41, 5.74) is 0.778. The minimum atomic E-state index is 0.581. The van der Waals surface area contributed by atoms with Crippen molar-refractivity contribution < 1.29 is 14.2 Å². The lowest BCUT2D eigenvalue weighted by molar-refractivity contribution is 0.323. The topological polar surface area (TPSA) is 27.7 Å². The highest BCUT2D eigenvalue weighted by Crippen LogP contribution is 2.38. The van der Waals surface area contributed by atoms with Crippen molar-refractivity contribution in [2.24, 2.45) is 0 Å². The fourth-order valence-electron chi connectivity index (χ4n) is 1.16. The first-order chi connectivity index (χ1) is 6.24. The van der Waals surface area contributed by atoms with Gasteiger partial charge in [0, 0.05) is 0 Å². The summed E-state index contributed by atoms with van der Waals surface area (Å²) >= 11 is 0. The van der Waals surface area contributed by atoms with Gasteiger partial charge in [0.15, 0.2) is 11.5 Å². The van der Waals surface area contributed by atoms with E-state index in [0.717, 1.165) is 5.56 Å². The molecule has 1 rings (SSSR count). The van der Waals surface area contributed by atoms with Gasteiger partial charge in [-0.25, -0.2) is 0 Å². The van der Waals surface area contributed by atoms with E-state index >= 15 is 0 Å². The Balaban J connectivity index is 3.27. The molecule has 0 spiro atoms. The summed E-state index contributed by atoms with van der Waals surface area (Å²) in [6, 6.07) is 3.61. The molecule has 1 radical (unpaired) electrons. The van der Waals surface area contributed by atoms with E-state index in [1.807, 2.05) is 6.07 Å². The first-order valence-corrected chi connectivity index (χ1v) is 3.85. The third kappa shape index (κ3) is 1.69. The van der Waals surface area contributed by atoms with Crippen molar-refractivity contribution in [3.8, 4) is 17.2 Å². The van der Waals surface area contributed by atoms with Crippen LogP contribution in [0.15, 0.2) is 12.1 Å². The van der Waals surface area contributed by atoms with Gasteiger partial charge in [-0.05, 0) is 18.6 Å². The Kier molecular flexibility index (Phi) is 3.01. The number of rotatable bonds is 3. The molecule has 0 aliphatic carbocycles. The van der Waals surface area contributed by atoms with Crippen LogP contribution in [0.4, 0.5) is 0 Å². The maximum Gasteiger partial charge on any atom is 0.203 e. The summed E-state index contributed by atoms with van der Waals surface area (Å²) < 4.78 is 15.4. The van der Waals surface area contributed by atoms with Gasteiger partial charge in [0.2, 0.25) is 5.75 Å². The van der Waals surface area contributed by atoms with Crippen molar-refractivity contribution in [2.75, 3.05) is 21.3 Å². The van der Waals surface area contributed by atoms with E-state index < -0.39 is 0 Å². The molecule has 3 heteroatoms. The van der Waals surface area contributed by atoms with Crippen LogP contribution in [-0.4, -0.2) is 21.3 Å². The maximum absolute atomic E-state index is 5.15. The zero-order valence-electron chi connectivity index (χ0n) is 8.09. The van der Waals surface area contributed by atoms with Crippen LogP contribution in [-0.2, 0) is 0 Å². The first-order valence-electron chi connectivity index (χ1n) is 3.85. The molecule has 0 atom stereocenters. The fourth-order valence-corrected chi connectivity index (χ4v) is 1.16. The minimum Gasteiger partial charge on any atom is -0.493 e. The second-order valence-corrected chi connectivity index (χ2v) is 2.49.